The van der Waals surface area contributed by atoms with Crippen molar-refractivity contribution in [2.75, 3.05) is 46.8 Å². The fourth-order valence-electron chi connectivity index (χ4n) is 2.44. The molecule has 0 bridgehead atoms. The molecule has 7 heteroatoms. The van der Waals surface area contributed by atoms with E-state index >= 15 is 0 Å². The van der Waals surface area contributed by atoms with E-state index in [2.05, 4.69) is 22.0 Å². The van der Waals surface area contributed by atoms with Gasteiger partial charge < -0.3 is 10.2 Å². The van der Waals surface area contributed by atoms with E-state index < -0.39 is 10.2 Å². The monoisotopic (exact) mass is 306 g/mol. The van der Waals surface area contributed by atoms with Crippen molar-refractivity contribution in [2.24, 2.45) is 0 Å². The highest BCUT2D eigenvalue weighted by molar-refractivity contribution is 7.87. The van der Waals surface area contributed by atoms with Gasteiger partial charge in [0.2, 0.25) is 0 Å². The lowest BCUT2D eigenvalue weighted by molar-refractivity contribution is 0.187. The summed E-state index contributed by atoms with van der Waals surface area (Å²) >= 11 is 0. The first-order chi connectivity index (χ1) is 9.47. The highest BCUT2D eigenvalue weighted by atomic mass is 32.2. The number of piperidine rings is 1. The molecule has 0 spiro atoms. The minimum Gasteiger partial charge on any atom is -0.317 e. The van der Waals surface area contributed by atoms with Gasteiger partial charge in [0.1, 0.15) is 0 Å². The van der Waals surface area contributed by atoms with Crippen LogP contribution in [0.25, 0.3) is 0 Å². The van der Waals surface area contributed by atoms with Crippen LogP contribution in [0.4, 0.5) is 0 Å². The fraction of sp³-hybridized carbons (Fsp3) is 1.00. The molecule has 120 valence electrons. The molecule has 2 N–H and O–H groups in total. The zero-order valence-corrected chi connectivity index (χ0v) is 13.9. The molecular formula is C13H30N4O2S. The third-order valence-electron chi connectivity index (χ3n) is 3.91. The lowest BCUT2D eigenvalue weighted by Gasteiger charge is -2.32. The van der Waals surface area contributed by atoms with Crippen molar-refractivity contribution >= 4 is 10.2 Å². The zero-order valence-electron chi connectivity index (χ0n) is 13.1. The summed E-state index contributed by atoms with van der Waals surface area (Å²) < 4.78 is 28.4. The van der Waals surface area contributed by atoms with E-state index in [1.807, 2.05) is 6.92 Å². The highest BCUT2D eigenvalue weighted by Gasteiger charge is 2.23. The minimum absolute atomic E-state index is 0.327. The van der Waals surface area contributed by atoms with Gasteiger partial charge >= 0.3 is 0 Å². The van der Waals surface area contributed by atoms with Gasteiger partial charge in [-0.3, -0.25) is 0 Å². The molecule has 1 aliphatic rings. The first-order valence-electron chi connectivity index (χ1n) is 7.59. The molecule has 0 aromatic rings. The van der Waals surface area contributed by atoms with Crippen LogP contribution in [0, 0.1) is 0 Å². The predicted molar refractivity (Wildman–Crippen MR) is 83.0 cm³/mol. The molecule has 0 radical (unpaired) electrons. The van der Waals surface area contributed by atoms with Crippen molar-refractivity contribution in [2.45, 2.75) is 38.6 Å². The van der Waals surface area contributed by atoms with E-state index in [0.29, 0.717) is 19.1 Å². The standard InChI is InChI=1S/C13H30N4O2S/c1-4-14-9-7-11-17(3)20(18,19)15-12-13-8-5-6-10-16(13)2/h13-15H,4-12H2,1-3H3. The van der Waals surface area contributed by atoms with Crippen LogP contribution in [0.2, 0.25) is 0 Å². The number of hydrogen-bond donors (Lipinski definition) is 2. The Morgan fingerprint density at radius 2 is 2.10 bits per heavy atom. The van der Waals surface area contributed by atoms with E-state index in [-0.39, 0.29) is 0 Å². The van der Waals surface area contributed by atoms with Crippen molar-refractivity contribution in [1.82, 2.24) is 19.2 Å². The molecule has 0 aromatic carbocycles. The molecule has 1 rings (SSSR count). The molecule has 1 heterocycles. The number of likely N-dealkylation sites (N-methyl/N-ethyl adjacent to an activating group) is 1. The average molecular weight is 306 g/mol. The third-order valence-corrected chi connectivity index (χ3v) is 5.44. The third kappa shape index (κ3) is 6.05. The van der Waals surface area contributed by atoms with Gasteiger partial charge in [-0.2, -0.15) is 12.7 Å². The van der Waals surface area contributed by atoms with Crippen molar-refractivity contribution in [3.8, 4) is 0 Å². The maximum Gasteiger partial charge on any atom is 0.279 e. The molecular weight excluding hydrogens is 276 g/mol. The van der Waals surface area contributed by atoms with Gasteiger partial charge in [-0.1, -0.05) is 13.3 Å². The van der Waals surface area contributed by atoms with Crippen LogP contribution in [-0.4, -0.2) is 70.5 Å². The summed E-state index contributed by atoms with van der Waals surface area (Å²) in [6, 6.07) is 0.327. The molecule has 1 fully saturated rings. The van der Waals surface area contributed by atoms with Gasteiger partial charge in [0.05, 0.1) is 0 Å². The summed E-state index contributed by atoms with van der Waals surface area (Å²) in [5.41, 5.74) is 0. The second-order valence-corrected chi connectivity index (χ2v) is 7.37. The summed E-state index contributed by atoms with van der Waals surface area (Å²) in [5.74, 6) is 0. The Balaban J connectivity index is 2.32. The Hall–Kier alpha value is -0.210. The Morgan fingerprint density at radius 1 is 1.35 bits per heavy atom. The van der Waals surface area contributed by atoms with Crippen LogP contribution >= 0.6 is 0 Å². The average Bonchev–Trinajstić information content (AvgIpc) is 2.42. The molecule has 1 aliphatic heterocycles. The van der Waals surface area contributed by atoms with Gasteiger partial charge in [0, 0.05) is 26.2 Å². The van der Waals surface area contributed by atoms with Crippen LogP contribution in [0.5, 0.6) is 0 Å². The summed E-state index contributed by atoms with van der Waals surface area (Å²) in [5, 5.41) is 3.20. The quantitative estimate of drug-likeness (QED) is 0.599. The fourth-order valence-corrected chi connectivity index (χ4v) is 3.43. The Kier molecular flexibility index (Phi) is 7.98. The van der Waals surface area contributed by atoms with Gasteiger partial charge in [0.15, 0.2) is 0 Å². The van der Waals surface area contributed by atoms with Crippen LogP contribution < -0.4 is 10.0 Å². The van der Waals surface area contributed by atoms with E-state index in [1.165, 1.54) is 17.1 Å². The van der Waals surface area contributed by atoms with E-state index in [9.17, 15) is 8.42 Å². The molecule has 0 aromatic heterocycles. The van der Waals surface area contributed by atoms with Crippen LogP contribution in [0.15, 0.2) is 0 Å². The smallest absolute Gasteiger partial charge is 0.279 e. The molecule has 6 nitrogen and oxygen atoms in total. The first kappa shape index (κ1) is 17.8. The van der Waals surface area contributed by atoms with Crippen LogP contribution in [-0.2, 0) is 10.2 Å². The number of hydrogen-bond acceptors (Lipinski definition) is 4. The highest BCUT2D eigenvalue weighted by Crippen LogP contribution is 2.14. The SMILES string of the molecule is CCNCCCN(C)S(=O)(=O)NCC1CCCCN1C. The van der Waals surface area contributed by atoms with Gasteiger partial charge in [0.25, 0.3) is 10.2 Å². The number of nitrogens with zero attached hydrogens (tertiary/aromatic N) is 2. The van der Waals surface area contributed by atoms with E-state index in [4.69, 9.17) is 0 Å². The lowest BCUT2D eigenvalue weighted by Crippen LogP contribution is -2.47. The number of nitrogens with one attached hydrogen (secondary N) is 2. The maximum absolute atomic E-state index is 12.1. The Morgan fingerprint density at radius 3 is 2.75 bits per heavy atom. The largest absolute Gasteiger partial charge is 0.317 e. The second kappa shape index (κ2) is 8.94. The van der Waals surface area contributed by atoms with Crippen molar-refractivity contribution in [3.05, 3.63) is 0 Å². The Bertz CT molecular complexity index is 361. The van der Waals surface area contributed by atoms with Crippen molar-refractivity contribution < 1.29 is 8.42 Å². The van der Waals surface area contributed by atoms with Gasteiger partial charge in [-0.05, 0) is 45.9 Å². The molecule has 0 amide bonds. The van der Waals surface area contributed by atoms with Gasteiger partial charge in [-0.25, -0.2) is 4.72 Å². The van der Waals surface area contributed by atoms with Crippen molar-refractivity contribution in [1.29, 1.82) is 0 Å². The first-order valence-corrected chi connectivity index (χ1v) is 9.03. The molecule has 1 unspecified atom stereocenters. The lowest BCUT2D eigenvalue weighted by atomic mass is 10.0. The molecule has 1 saturated heterocycles. The summed E-state index contributed by atoms with van der Waals surface area (Å²) in [4.78, 5) is 2.25. The normalized spacial score (nSPS) is 21.5. The summed E-state index contributed by atoms with van der Waals surface area (Å²) in [6.45, 7) is 5.93. The van der Waals surface area contributed by atoms with Gasteiger partial charge in [-0.15, -0.1) is 0 Å². The van der Waals surface area contributed by atoms with Crippen LogP contribution in [0.1, 0.15) is 32.6 Å². The van der Waals surface area contributed by atoms with E-state index in [1.54, 1.807) is 7.05 Å². The van der Waals surface area contributed by atoms with Crippen molar-refractivity contribution in [3.63, 3.8) is 0 Å². The summed E-state index contributed by atoms with van der Waals surface area (Å²) in [6.07, 6.45) is 4.30. The zero-order chi connectivity index (χ0) is 15.0. The molecule has 0 saturated carbocycles. The number of likely N-dealkylation sites (tertiary alicyclic amines) is 1. The Labute approximate surface area is 124 Å². The molecule has 1 atom stereocenters. The van der Waals surface area contributed by atoms with Crippen LogP contribution in [0.3, 0.4) is 0 Å². The number of rotatable bonds is 9. The predicted octanol–water partition coefficient (Wildman–Crippen LogP) is 0.237. The topological polar surface area (TPSA) is 64.7 Å². The maximum atomic E-state index is 12.1. The molecule has 20 heavy (non-hydrogen) atoms. The molecule has 0 aliphatic carbocycles. The second-order valence-electron chi connectivity index (χ2n) is 5.51. The van der Waals surface area contributed by atoms with E-state index in [0.717, 1.165) is 32.5 Å². The summed E-state index contributed by atoms with van der Waals surface area (Å²) in [7, 11) is 0.364. The minimum atomic E-state index is -3.34.